The number of ether oxygens (including phenoxy) is 2. The van der Waals surface area contributed by atoms with Crippen LogP contribution in [0.4, 0.5) is 5.69 Å². The quantitative estimate of drug-likeness (QED) is 0.591. The van der Waals surface area contributed by atoms with Gasteiger partial charge in [-0.15, -0.1) is 4.99 Å². The molecular weight excluding hydrogens is 268 g/mol. The average molecular weight is 295 g/mol. The fourth-order valence-electron chi connectivity index (χ4n) is 2.10. The first-order valence-corrected chi connectivity index (χ1v) is 7.22. The summed E-state index contributed by atoms with van der Waals surface area (Å²) in [5.41, 5.74) is 0.184. The topological polar surface area (TPSA) is 55.9 Å². The number of benzene rings is 1. The summed E-state index contributed by atoms with van der Waals surface area (Å²) >= 11 is 0. The zero-order valence-corrected chi connectivity index (χ0v) is 13.6. The molecule has 1 aromatic carbocycles. The van der Waals surface area contributed by atoms with Gasteiger partial charge in [0.2, 0.25) is 0 Å². The van der Waals surface area contributed by atoms with E-state index in [4.69, 9.17) is 9.47 Å². The van der Waals surface area contributed by atoms with Crippen LogP contribution in [0.25, 0.3) is 0 Å². The van der Waals surface area contributed by atoms with Gasteiger partial charge in [0.1, 0.15) is 5.60 Å². The summed E-state index contributed by atoms with van der Waals surface area (Å²) in [6.45, 7) is 7.21. The number of likely N-dealkylation sites (N-methyl/N-ethyl adjacent to an activating group) is 1. The van der Waals surface area contributed by atoms with Crippen LogP contribution in [0.15, 0.2) is 24.3 Å². The second-order valence-electron chi connectivity index (χ2n) is 5.87. The van der Waals surface area contributed by atoms with E-state index >= 15 is 0 Å². The third-order valence-electron chi connectivity index (χ3n) is 2.66. The van der Waals surface area contributed by atoms with Crippen molar-refractivity contribution in [1.82, 2.24) is 4.90 Å². The summed E-state index contributed by atoms with van der Waals surface area (Å²) in [6, 6.07) is 7.46. The minimum Gasteiger partial charge on any atom is -0.487 e. The van der Waals surface area contributed by atoms with Gasteiger partial charge in [-0.05, 0) is 40.4 Å². The summed E-state index contributed by atoms with van der Waals surface area (Å²) in [5.74, 6) is 0.694. The summed E-state index contributed by atoms with van der Waals surface area (Å²) in [5, 5.41) is 10.0. The molecule has 0 aliphatic rings. The van der Waals surface area contributed by atoms with E-state index in [0.29, 0.717) is 24.6 Å². The Hall–Kier alpha value is -1.75. The highest BCUT2D eigenvalue weighted by Gasteiger charge is 2.25. The molecular formula is C16H27N2O3+. The molecule has 0 atom stereocenters. The monoisotopic (exact) mass is 295 g/mol. The number of hydrogen-bond acceptors (Lipinski definition) is 3. The molecule has 5 nitrogen and oxygen atoms in total. The first-order valence-electron chi connectivity index (χ1n) is 7.22. The van der Waals surface area contributed by atoms with Gasteiger partial charge in [-0.1, -0.05) is 19.1 Å². The summed E-state index contributed by atoms with van der Waals surface area (Å²) in [6.07, 6.45) is 0.700. The van der Waals surface area contributed by atoms with Gasteiger partial charge in [0.15, 0.2) is 5.75 Å². The van der Waals surface area contributed by atoms with Crippen LogP contribution in [0, 0.1) is 0 Å². The van der Waals surface area contributed by atoms with Gasteiger partial charge in [-0.3, -0.25) is 0 Å². The van der Waals surface area contributed by atoms with Crippen LogP contribution in [-0.2, 0) is 4.74 Å². The van der Waals surface area contributed by atoms with E-state index in [0.717, 1.165) is 6.42 Å². The molecule has 0 amide bonds. The minimum absolute atomic E-state index is 0.227. The second-order valence-corrected chi connectivity index (χ2v) is 5.87. The Bertz CT molecular complexity index is 470. The summed E-state index contributed by atoms with van der Waals surface area (Å²) in [7, 11) is 3.92. The normalized spacial score (nSPS) is 12.6. The lowest BCUT2D eigenvalue weighted by Gasteiger charge is -2.26. The summed E-state index contributed by atoms with van der Waals surface area (Å²) < 4.78 is 11.2. The Labute approximate surface area is 127 Å². The highest BCUT2D eigenvalue weighted by atomic mass is 16.6. The Morgan fingerprint density at radius 2 is 1.95 bits per heavy atom. The van der Waals surface area contributed by atoms with Gasteiger partial charge < -0.3 is 19.5 Å². The van der Waals surface area contributed by atoms with E-state index in [1.54, 1.807) is 0 Å². The van der Waals surface area contributed by atoms with Crippen molar-refractivity contribution in [1.29, 1.82) is 0 Å². The predicted molar refractivity (Wildman–Crippen MR) is 84.2 cm³/mol. The van der Waals surface area contributed by atoms with Crippen LogP contribution in [0.5, 0.6) is 5.75 Å². The average Bonchev–Trinajstić information content (AvgIpc) is 2.35. The van der Waals surface area contributed by atoms with Gasteiger partial charge in [-0.2, -0.15) is 0 Å². The van der Waals surface area contributed by atoms with Crippen LogP contribution in [-0.4, -0.2) is 48.9 Å². The molecule has 0 aromatic heterocycles. The molecule has 0 heterocycles. The second kappa shape index (κ2) is 7.88. The summed E-state index contributed by atoms with van der Waals surface area (Å²) in [4.78, 5) is 4.86. The first-order chi connectivity index (χ1) is 9.84. The van der Waals surface area contributed by atoms with Gasteiger partial charge in [0.05, 0.1) is 6.61 Å². The fraction of sp³-hybridized carbons (Fsp3) is 0.562. The molecule has 5 heteroatoms. The van der Waals surface area contributed by atoms with E-state index in [1.165, 1.54) is 0 Å². The zero-order valence-electron chi connectivity index (χ0n) is 13.6. The molecule has 1 aromatic rings. The van der Waals surface area contributed by atoms with E-state index in [2.05, 4.69) is 4.99 Å². The van der Waals surface area contributed by atoms with Gasteiger partial charge >= 0.3 is 6.08 Å². The molecule has 2 N–H and O–H groups in total. The molecule has 0 aliphatic carbocycles. The van der Waals surface area contributed by atoms with E-state index in [9.17, 15) is 5.11 Å². The molecule has 118 valence electrons. The molecule has 21 heavy (non-hydrogen) atoms. The maximum absolute atomic E-state index is 10.0. The van der Waals surface area contributed by atoms with E-state index in [-0.39, 0.29) is 6.08 Å². The van der Waals surface area contributed by atoms with Gasteiger partial charge in [-0.25, -0.2) is 0 Å². The standard InChI is InChI=1S/C16H26N2O3/c1-6-11-20-14-10-8-7-9-13(14)17-15(19)21-16(2,3)12-18(4)5/h7-10H,6,11-12H2,1-5H3,(H,17,19)/p+1. The highest BCUT2D eigenvalue weighted by Crippen LogP contribution is 2.18. The number of para-hydroxylation sites is 2. The largest absolute Gasteiger partial charge is 0.551 e. The van der Waals surface area contributed by atoms with Crippen LogP contribution in [0.1, 0.15) is 27.2 Å². The number of aliphatic hydroxyl groups excluding tert-OH is 1. The number of nitrogens with one attached hydrogen (secondary N) is 1. The third kappa shape index (κ3) is 6.49. The highest BCUT2D eigenvalue weighted by molar-refractivity contribution is 5.60. The van der Waals surface area contributed by atoms with Crippen molar-refractivity contribution < 1.29 is 19.6 Å². The molecule has 0 aliphatic heterocycles. The number of rotatable bonds is 7. The fourth-order valence-corrected chi connectivity index (χ4v) is 2.10. The molecule has 0 spiro atoms. The lowest BCUT2D eigenvalue weighted by Crippen LogP contribution is -2.68. The minimum atomic E-state index is -0.500. The third-order valence-corrected chi connectivity index (χ3v) is 2.66. The van der Waals surface area contributed by atoms with E-state index in [1.807, 2.05) is 64.0 Å². The predicted octanol–water partition coefficient (Wildman–Crippen LogP) is 1.46. The SMILES string of the molecule is CCCOc1ccccc1[NH+]=C(O)OC(C)(C)CN(C)C. The molecule has 0 unspecified atom stereocenters. The Balaban J connectivity index is 2.82. The number of aliphatic hydroxyl groups is 1. The number of nitrogens with zero attached hydrogens (tertiary/aromatic N) is 1. The van der Waals surface area contributed by atoms with Crippen molar-refractivity contribution in [2.24, 2.45) is 0 Å². The van der Waals surface area contributed by atoms with Gasteiger partial charge in [0, 0.05) is 12.6 Å². The molecule has 0 saturated carbocycles. The molecule has 1 rings (SSSR count). The maximum atomic E-state index is 10.0. The molecule has 0 bridgehead atoms. The van der Waals surface area contributed by atoms with Crippen molar-refractivity contribution in [3.63, 3.8) is 0 Å². The van der Waals surface area contributed by atoms with Crippen molar-refractivity contribution in [3.8, 4) is 5.75 Å². The number of hydrogen-bond donors (Lipinski definition) is 2. The van der Waals surface area contributed by atoms with E-state index < -0.39 is 5.60 Å². The van der Waals surface area contributed by atoms with Crippen LogP contribution >= 0.6 is 0 Å². The van der Waals surface area contributed by atoms with Crippen molar-refractivity contribution >= 4 is 11.8 Å². The molecule has 0 fully saturated rings. The first kappa shape index (κ1) is 17.3. The van der Waals surface area contributed by atoms with Crippen molar-refractivity contribution in [2.75, 3.05) is 27.2 Å². The molecule has 0 radical (unpaired) electrons. The zero-order chi connectivity index (χ0) is 15.9. The van der Waals surface area contributed by atoms with Crippen LogP contribution in [0.3, 0.4) is 0 Å². The Morgan fingerprint density at radius 1 is 1.29 bits per heavy atom. The van der Waals surface area contributed by atoms with Crippen molar-refractivity contribution in [3.05, 3.63) is 24.3 Å². The lowest BCUT2D eigenvalue weighted by atomic mass is 10.1. The van der Waals surface area contributed by atoms with Crippen molar-refractivity contribution in [2.45, 2.75) is 32.8 Å². The Morgan fingerprint density at radius 3 is 2.57 bits per heavy atom. The smallest absolute Gasteiger partial charge is 0.487 e. The van der Waals surface area contributed by atoms with Crippen LogP contribution < -0.4 is 9.73 Å². The van der Waals surface area contributed by atoms with Gasteiger partial charge in [0.25, 0.3) is 5.69 Å². The lowest BCUT2D eigenvalue weighted by molar-refractivity contribution is -0.387. The maximum Gasteiger partial charge on any atom is 0.551 e. The van der Waals surface area contributed by atoms with Crippen LogP contribution in [0.2, 0.25) is 0 Å². The Kier molecular flexibility index (Phi) is 6.49. The molecule has 0 saturated heterocycles.